The van der Waals surface area contributed by atoms with Gasteiger partial charge in [-0.05, 0) is 30.5 Å². The first-order valence-corrected chi connectivity index (χ1v) is 8.75. The molecule has 0 radical (unpaired) electrons. The van der Waals surface area contributed by atoms with Crippen LogP contribution in [0.1, 0.15) is 41.7 Å². The lowest BCUT2D eigenvalue weighted by molar-refractivity contribution is 0.132. The van der Waals surface area contributed by atoms with Crippen LogP contribution in [-0.2, 0) is 4.74 Å². The summed E-state index contributed by atoms with van der Waals surface area (Å²) in [6.45, 7) is 0. The average Bonchev–Trinajstić information content (AvgIpc) is 3.36. The largest absolute Gasteiger partial charge is 0.439 e. The second-order valence-electron chi connectivity index (χ2n) is 6.14. The second kappa shape index (κ2) is 6.59. The molecule has 4 rings (SSSR count). The molecule has 126 valence electrons. The molecule has 4 nitrogen and oxygen atoms in total. The fourth-order valence-corrected chi connectivity index (χ4v) is 3.19. The number of pyridine rings is 1. The smallest absolute Gasteiger partial charge is 0.408 e. The topological polar surface area (TPSA) is 51.2 Å². The Hall–Kier alpha value is -2.22. The van der Waals surface area contributed by atoms with Gasteiger partial charge in [0, 0.05) is 29.4 Å². The van der Waals surface area contributed by atoms with Crippen LogP contribution in [0.25, 0.3) is 0 Å². The number of amides is 1. The standard InChI is InChI=1S/C19H14Cl2N2O2/c20-15-3-1-2-14(16(15)21)18-17(23-19(24)25-18)13-8-12(9-22-10-13)7-6-11-4-5-11/h1-3,8-11,17-18H,4-5H2,(H,23,24)/t17-,18-/m1/s1. The molecule has 1 aromatic heterocycles. The van der Waals surface area contributed by atoms with Crippen molar-refractivity contribution < 1.29 is 9.53 Å². The second-order valence-corrected chi connectivity index (χ2v) is 6.93. The highest BCUT2D eigenvalue weighted by molar-refractivity contribution is 6.42. The monoisotopic (exact) mass is 372 g/mol. The molecule has 2 fully saturated rings. The number of hydrogen-bond acceptors (Lipinski definition) is 3. The van der Waals surface area contributed by atoms with Crippen molar-refractivity contribution in [2.45, 2.75) is 25.0 Å². The number of alkyl carbamates (subject to hydrolysis) is 1. The molecule has 1 aromatic carbocycles. The van der Waals surface area contributed by atoms with E-state index in [9.17, 15) is 4.79 Å². The number of carbonyl (C=O) groups is 1. The quantitative estimate of drug-likeness (QED) is 0.779. The van der Waals surface area contributed by atoms with Gasteiger partial charge >= 0.3 is 6.09 Å². The van der Waals surface area contributed by atoms with Gasteiger partial charge in [-0.1, -0.05) is 47.2 Å². The molecule has 1 amide bonds. The molecule has 1 aliphatic carbocycles. The molecule has 1 saturated carbocycles. The van der Waals surface area contributed by atoms with Crippen molar-refractivity contribution in [3.8, 4) is 11.8 Å². The zero-order valence-electron chi connectivity index (χ0n) is 13.1. The molecule has 1 aliphatic heterocycles. The van der Waals surface area contributed by atoms with Crippen molar-refractivity contribution in [2.75, 3.05) is 0 Å². The van der Waals surface area contributed by atoms with Crippen molar-refractivity contribution in [3.63, 3.8) is 0 Å². The van der Waals surface area contributed by atoms with Crippen molar-refractivity contribution in [2.24, 2.45) is 5.92 Å². The van der Waals surface area contributed by atoms with E-state index in [4.69, 9.17) is 27.9 Å². The molecule has 2 aliphatic rings. The van der Waals surface area contributed by atoms with Crippen LogP contribution in [0.3, 0.4) is 0 Å². The molecule has 2 heterocycles. The first-order chi connectivity index (χ1) is 12.1. The summed E-state index contributed by atoms with van der Waals surface area (Å²) in [6.07, 6.45) is 4.68. The van der Waals surface area contributed by atoms with Gasteiger partial charge in [0.2, 0.25) is 0 Å². The number of cyclic esters (lactones) is 1. The SMILES string of the molecule is O=C1N[C@H](c2cncc(C#CC3CC3)c2)[C@@H](c2cccc(Cl)c2Cl)O1. The van der Waals surface area contributed by atoms with Crippen LogP contribution in [0.4, 0.5) is 4.79 Å². The number of hydrogen-bond donors (Lipinski definition) is 1. The Morgan fingerprint density at radius 3 is 2.88 bits per heavy atom. The van der Waals surface area contributed by atoms with Crippen molar-refractivity contribution in [1.82, 2.24) is 10.3 Å². The van der Waals surface area contributed by atoms with Crippen LogP contribution >= 0.6 is 23.2 Å². The Morgan fingerprint density at radius 1 is 1.24 bits per heavy atom. The third-order valence-corrected chi connectivity index (χ3v) is 5.05. The maximum atomic E-state index is 11.9. The third kappa shape index (κ3) is 3.44. The van der Waals surface area contributed by atoms with E-state index < -0.39 is 18.2 Å². The summed E-state index contributed by atoms with van der Waals surface area (Å²) in [5, 5.41) is 3.62. The molecule has 1 N–H and O–H groups in total. The molecular formula is C19H14Cl2N2O2. The minimum absolute atomic E-state index is 0.383. The lowest BCUT2D eigenvalue weighted by Gasteiger charge is -2.19. The Balaban J connectivity index is 1.68. The van der Waals surface area contributed by atoms with Gasteiger partial charge in [0.25, 0.3) is 0 Å². The number of aromatic nitrogens is 1. The van der Waals surface area contributed by atoms with Crippen LogP contribution < -0.4 is 5.32 Å². The number of nitrogens with one attached hydrogen (secondary N) is 1. The van der Waals surface area contributed by atoms with E-state index in [1.54, 1.807) is 30.6 Å². The maximum absolute atomic E-state index is 11.9. The van der Waals surface area contributed by atoms with Gasteiger partial charge in [0.15, 0.2) is 6.10 Å². The Bertz CT molecular complexity index is 900. The van der Waals surface area contributed by atoms with E-state index in [2.05, 4.69) is 22.1 Å². The van der Waals surface area contributed by atoms with Gasteiger partial charge in [-0.15, -0.1) is 0 Å². The molecule has 0 bridgehead atoms. The first kappa shape index (κ1) is 16.3. The lowest BCUT2D eigenvalue weighted by atomic mass is 9.97. The summed E-state index contributed by atoms with van der Waals surface area (Å²) in [6, 6.07) is 6.80. The molecule has 0 spiro atoms. The van der Waals surface area contributed by atoms with Gasteiger partial charge in [-0.3, -0.25) is 4.98 Å². The summed E-state index contributed by atoms with van der Waals surface area (Å²) in [5.74, 6) is 6.87. The number of ether oxygens (including phenoxy) is 1. The Labute approximate surface area is 155 Å². The molecule has 1 saturated heterocycles. The molecule has 25 heavy (non-hydrogen) atoms. The summed E-state index contributed by atoms with van der Waals surface area (Å²) in [5.41, 5.74) is 2.29. The summed E-state index contributed by atoms with van der Waals surface area (Å²) >= 11 is 12.4. The normalized spacial score (nSPS) is 21.9. The van der Waals surface area contributed by atoms with E-state index in [1.807, 2.05) is 6.07 Å². The van der Waals surface area contributed by atoms with E-state index in [0.717, 1.165) is 11.1 Å². The first-order valence-electron chi connectivity index (χ1n) is 7.99. The fraction of sp³-hybridized carbons (Fsp3) is 0.263. The molecule has 0 unspecified atom stereocenters. The Morgan fingerprint density at radius 2 is 2.08 bits per heavy atom. The summed E-state index contributed by atoms with van der Waals surface area (Å²) < 4.78 is 5.44. The Kier molecular flexibility index (Phi) is 4.29. The van der Waals surface area contributed by atoms with Gasteiger partial charge in [-0.25, -0.2) is 4.79 Å². The fourth-order valence-electron chi connectivity index (χ4n) is 2.77. The average molecular weight is 373 g/mol. The van der Waals surface area contributed by atoms with Gasteiger partial charge in [0.1, 0.15) is 6.04 Å². The van der Waals surface area contributed by atoms with Gasteiger partial charge in [-0.2, -0.15) is 0 Å². The number of benzene rings is 1. The predicted molar refractivity (Wildman–Crippen MR) is 95.4 cm³/mol. The van der Waals surface area contributed by atoms with Gasteiger partial charge < -0.3 is 10.1 Å². The van der Waals surface area contributed by atoms with E-state index in [0.29, 0.717) is 21.5 Å². The molecule has 6 heteroatoms. The van der Waals surface area contributed by atoms with Crippen LogP contribution in [0, 0.1) is 17.8 Å². The summed E-state index contributed by atoms with van der Waals surface area (Å²) in [7, 11) is 0. The van der Waals surface area contributed by atoms with E-state index in [1.165, 1.54) is 12.8 Å². The van der Waals surface area contributed by atoms with Crippen LogP contribution in [-0.4, -0.2) is 11.1 Å². The van der Waals surface area contributed by atoms with Crippen molar-refractivity contribution >= 4 is 29.3 Å². The third-order valence-electron chi connectivity index (χ3n) is 4.21. The minimum atomic E-state index is -0.577. The molecular weight excluding hydrogens is 359 g/mol. The molecule has 2 aromatic rings. The summed E-state index contributed by atoms with van der Waals surface area (Å²) in [4.78, 5) is 16.1. The van der Waals surface area contributed by atoms with E-state index >= 15 is 0 Å². The van der Waals surface area contributed by atoms with Crippen molar-refractivity contribution in [3.05, 3.63) is 63.4 Å². The zero-order valence-corrected chi connectivity index (χ0v) is 14.6. The van der Waals surface area contributed by atoms with Crippen LogP contribution in [0.5, 0.6) is 0 Å². The van der Waals surface area contributed by atoms with Crippen LogP contribution in [0.2, 0.25) is 10.0 Å². The number of carbonyl (C=O) groups excluding carboxylic acids is 1. The zero-order chi connectivity index (χ0) is 17.4. The van der Waals surface area contributed by atoms with E-state index in [-0.39, 0.29) is 0 Å². The highest BCUT2D eigenvalue weighted by atomic mass is 35.5. The number of halogens is 2. The van der Waals surface area contributed by atoms with Gasteiger partial charge in [0.05, 0.1) is 10.0 Å². The number of rotatable bonds is 2. The number of nitrogens with zero attached hydrogens (tertiary/aromatic N) is 1. The predicted octanol–water partition coefficient (Wildman–Crippen LogP) is 4.67. The minimum Gasteiger partial charge on any atom is -0.439 e. The highest BCUT2D eigenvalue weighted by Crippen LogP contribution is 2.41. The van der Waals surface area contributed by atoms with Crippen LogP contribution in [0.15, 0.2) is 36.7 Å². The highest BCUT2D eigenvalue weighted by Gasteiger charge is 2.38. The lowest BCUT2D eigenvalue weighted by Crippen LogP contribution is -2.20. The molecule has 2 atom stereocenters. The van der Waals surface area contributed by atoms with Crippen molar-refractivity contribution in [1.29, 1.82) is 0 Å². The maximum Gasteiger partial charge on any atom is 0.408 e.